The minimum Gasteiger partial charge on any atom is -0.497 e. The van der Waals surface area contributed by atoms with E-state index >= 15 is 0 Å². The number of furan rings is 1. The molecule has 162 valence electrons. The fourth-order valence-corrected chi connectivity index (χ4v) is 3.78. The van der Waals surface area contributed by atoms with Crippen LogP contribution in [0.5, 0.6) is 5.75 Å². The molecule has 0 aliphatic rings. The molecule has 0 saturated heterocycles. The zero-order chi connectivity index (χ0) is 22.3. The van der Waals surface area contributed by atoms with Gasteiger partial charge >= 0.3 is 0 Å². The van der Waals surface area contributed by atoms with E-state index in [0.29, 0.717) is 29.2 Å². The fourth-order valence-electron chi connectivity index (χ4n) is 3.01. The monoisotopic (exact) mass is 447 g/mol. The Hall–Kier alpha value is -3.78. The molecule has 1 amide bonds. The quantitative estimate of drug-likeness (QED) is 0.440. The summed E-state index contributed by atoms with van der Waals surface area (Å²) in [6.45, 7) is 0.472. The van der Waals surface area contributed by atoms with Gasteiger partial charge in [0, 0.05) is 29.5 Å². The summed E-state index contributed by atoms with van der Waals surface area (Å²) in [4.78, 5) is 25.7. The largest absolute Gasteiger partial charge is 0.497 e. The van der Waals surface area contributed by atoms with Crippen LogP contribution in [-0.4, -0.2) is 29.3 Å². The second-order valence-electron chi connectivity index (χ2n) is 6.83. The third kappa shape index (κ3) is 5.28. The molecular weight excluding hydrogens is 426 g/mol. The third-order valence-corrected chi connectivity index (χ3v) is 5.60. The molecule has 0 bridgehead atoms. The van der Waals surface area contributed by atoms with Gasteiger partial charge in [0.15, 0.2) is 0 Å². The molecule has 7 nitrogen and oxygen atoms in total. The SMILES string of the molecule is COc1ccc(Sc2ccc(=O)n(-c3ccc(C(=O)NCCc4ccco4)cc3)n2)cc1. The Morgan fingerprint density at radius 1 is 1.06 bits per heavy atom. The summed E-state index contributed by atoms with van der Waals surface area (Å²) in [6, 6.07) is 21.2. The lowest BCUT2D eigenvalue weighted by Gasteiger charge is -2.09. The van der Waals surface area contributed by atoms with Crippen molar-refractivity contribution in [3.63, 3.8) is 0 Å². The Labute approximate surface area is 189 Å². The van der Waals surface area contributed by atoms with Gasteiger partial charge in [-0.15, -0.1) is 0 Å². The molecule has 0 unspecified atom stereocenters. The summed E-state index contributed by atoms with van der Waals surface area (Å²) >= 11 is 1.44. The lowest BCUT2D eigenvalue weighted by Crippen LogP contribution is -2.25. The van der Waals surface area contributed by atoms with Gasteiger partial charge in [0.2, 0.25) is 0 Å². The van der Waals surface area contributed by atoms with Crippen LogP contribution in [0, 0.1) is 0 Å². The summed E-state index contributed by atoms with van der Waals surface area (Å²) in [5.74, 6) is 1.41. The highest BCUT2D eigenvalue weighted by molar-refractivity contribution is 7.99. The van der Waals surface area contributed by atoms with E-state index in [9.17, 15) is 9.59 Å². The van der Waals surface area contributed by atoms with E-state index in [4.69, 9.17) is 9.15 Å². The van der Waals surface area contributed by atoms with Crippen LogP contribution < -0.4 is 15.6 Å². The maximum atomic E-state index is 12.4. The summed E-state index contributed by atoms with van der Waals surface area (Å²) in [5.41, 5.74) is 0.837. The summed E-state index contributed by atoms with van der Waals surface area (Å²) in [5, 5.41) is 7.99. The third-order valence-electron chi connectivity index (χ3n) is 4.67. The van der Waals surface area contributed by atoms with E-state index in [1.54, 1.807) is 43.7 Å². The molecule has 0 spiro atoms. The normalized spacial score (nSPS) is 10.7. The number of carbonyl (C=O) groups is 1. The van der Waals surface area contributed by atoms with Crippen LogP contribution in [0.15, 0.2) is 98.2 Å². The van der Waals surface area contributed by atoms with Gasteiger partial charge in [0.25, 0.3) is 11.5 Å². The molecule has 4 aromatic rings. The number of ether oxygens (including phenoxy) is 1. The number of methoxy groups -OCH3 is 1. The zero-order valence-corrected chi connectivity index (χ0v) is 18.2. The molecule has 1 N–H and O–H groups in total. The van der Waals surface area contributed by atoms with Crippen LogP contribution in [0.4, 0.5) is 0 Å². The van der Waals surface area contributed by atoms with Gasteiger partial charge < -0.3 is 14.5 Å². The Bertz CT molecular complexity index is 1230. The Kier molecular flexibility index (Phi) is 6.72. The van der Waals surface area contributed by atoms with Crippen molar-refractivity contribution in [2.24, 2.45) is 0 Å². The highest BCUT2D eigenvalue weighted by Crippen LogP contribution is 2.27. The van der Waals surface area contributed by atoms with E-state index in [1.165, 1.54) is 22.5 Å². The highest BCUT2D eigenvalue weighted by atomic mass is 32.2. The first-order valence-electron chi connectivity index (χ1n) is 9.96. The molecular formula is C24H21N3O4S. The molecule has 2 aromatic heterocycles. The number of carbonyl (C=O) groups excluding carboxylic acids is 1. The number of hydrogen-bond donors (Lipinski definition) is 1. The molecule has 2 heterocycles. The molecule has 2 aromatic carbocycles. The minimum absolute atomic E-state index is 0.188. The number of aromatic nitrogens is 2. The van der Waals surface area contributed by atoms with E-state index in [-0.39, 0.29) is 11.5 Å². The Morgan fingerprint density at radius 2 is 1.84 bits per heavy atom. The lowest BCUT2D eigenvalue weighted by molar-refractivity contribution is 0.0953. The number of nitrogens with zero attached hydrogens (tertiary/aromatic N) is 2. The first-order valence-corrected chi connectivity index (χ1v) is 10.8. The predicted molar refractivity (Wildman–Crippen MR) is 122 cm³/mol. The van der Waals surface area contributed by atoms with E-state index < -0.39 is 0 Å². The number of nitrogens with one attached hydrogen (secondary N) is 1. The molecule has 0 fully saturated rings. The van der Waals surface area contributed by atoms with Crippen LogP contribution in [0.2, 0.25) is 0 Å². The van der Waals surface area contributed by atoms with Crippen LogP contribution in [0.1, 0.15) is 16.1 Å². The van der Waals surface area contributed by atoms with Crippen molar-refractivity contribution in [3.8, 4) is 11.4 Å². The van der Waals surface area contributed by atoms with Crippen molar-refractivity contribution >= 4 is 17.7 Å². The lowest BCUT2D eigenvalue weighted by atomic mass is 10.2. The van der Waals surface area contributed by atoms with Crippen molar-refractivity contribution in [1.29, 1.82) is 0 Å². The first kappa shape index (κ1) is 21.5. The fraction of sp³-hybridized carbons (Fsp3) is 0.125. The van der Waals surface area contributed by atoms with Crippen molar-refractivity contribution in [2.45, 2.75) is 16.3 Å². The van der Waals surface area contributed by atoms with Crippen LogP contribution in [0.25, 0.3) is 5.69 Å². The van der Waals surface area contributed by atoms with E-state index in [2.05, 4.69) is 10.4 Å². The number of rotatable bonds is 8. The van der Waals surface area contributed by atoms with Gasteiger partial charge in [0.05, 0.1) is 19.1 Å². The topological polar surface area (TPSA) is 86.4 Å². The first-order chi connectivity index (χ1) is 15.6. The van der Waals surface area contributed by atoms with Gasteiger partial charge in [-0.2, -0.15) is 9.78 Å². The number of benzene rings is 2. The van der Waals surface area contributed by atoms with Crippen molar-refractivity contribution in [1.82, 2.24) is 15.1 Å². The molecule has 4 rings (SSSR count). The average Bonchev–Trinajstić information content (AvgIpc) is 3.34. The standard InChI is InChI=1S/C24H21N3O4S/c1-30-19-8-10-21(11-9-19)32-22-12-13-23(28)27(26-22)18-6-4-17(5-7-18)24(29)25-15-14-20-3-2-16-31-20/h2-13,16H,14-15H2,1H3,(H,25,29). The second kappa shape index (κ2) is 10.0. The van der Waals surface area contributed by atoms with E-state index in [1.807, 2.05) is 36.4 Å². The van der Waals surface area contributed by atoms with Gasteiger partial charge in [-0.25, -0.2) is 0 Å². The molecule has 0 atom stereocenters. The van der Waals surface area contributed by atoms with Gasteiger partial charge in [-0.05, 0) is 66.7 Å². The van der Waals surface area contributed by atoms with Crippen molar-refractivity contribution in [3.05, 3.63) is 101 Å². The summed E-state index contributed by atoms with van der Waals surface area (Å²) < 4.78 is 11.8. The maximum Gasteiger partial charge on any atom is 0.271 e. The van der Waals surface area contributed by atoms with Crippen LogP contribution >= 0.6 is 11.8 Å². The summed E-state index contributed by atoms with van der Waals surface area (Å²) in [7, 11) is 1.62. The average molecular weight is 448 g/mol. The molecule has 0 aliphatic heterocycles. The maximum absolute atomic E-state index is 12.4. The smallest absolute Gasteiger partial charge is 0.271 e. The summed E-state index contributed by atoms with van der Waals surface area (Å²) in [6.07, 6.45) is 2.23. The van der Waals surface area contributed by atoms with Gasteiger partial charge in [0.1, 0.15) is 16.5 Å². The van der Waals surface area contributed by atoms with Crippen LogP contribution in [-0.2, 0) is 6.42 Å². The van der Waals surface area contributed by atoms with E-state index in [0.717, 1.165) is 16.4 Å². The minimum atomic E-state index is -0.250. The molecule has 8 heteroatoms. The molecule has 0 saturated carbocycles. The predicted octanol–water partition coefficient (Wildman–Crippen LogP) is 3.96. The number of hydrogen-bond acceptors (Lipinski definition) is 6. The van der Waals surface area contributed by atoms with Crippen molar-refractivity contribution < 1.29 is 13.9 Å². The zero-order valence-electron chi connectivity index (χ0n) is 17.4. The Balaban J connectivity index is 1.44. The highest BCUT2D eigenvalue weighted by Gasteiger charge is 2.09. The molecule has 32 heavy (non-hydrogen) atoms. The second-order valence-corrected chi connectivity index (χ2v) is 7.93. The van der Waals surface area contributed by atoms with Crippen LogP contribution in [0.3, 0.4) is 0 Å². The van der Waals surface area contributed by atoms with Gasteiger partial charge in [-0.3, -0.25) is 9.59 Å². The van der Waals surface area contributed by atoms with Crippen molar-refractivity contribution in [2.75, 3.05) is 13.7 Å². The Morgan fingerprint density at radius 3 is 2.53 bits per heavy atom. The molecule has 0 aliphatic carbocycles. The molecule has 0 radical (unpaired) electrons. The van der Waals surface area contributed by atoms with Gasteiger partial charge in [-0.1, -0.05) is 11.8 Å². The number of amides is 1.